The highest BCUT2D eigenvalue weighted by atomic mass is 19.4. The van der Waals surface area contributed by atoms with Crippen molar-refractivity contribution in [2.75, 3.05) is 7.05 Å². The summed E-state index contributed by atoms with van der Waals surface area (Å²) in [4.78, 5) is 3.98. The molecule has 0 spiro atoms. The molecule has 106 valence electrons. The Kier molecular flexibility index (Phi) is 4.45. The molecule has 2 nitrogen and oxygen atoms in total. The average molecular weight is 272 g/mol. The van der Waals surface area contributed by atoms with E-state index in [1.54, 1.807) is 0 Å². The maximum atomic E-state index is 12.5. The highest BCUT2D eigenvalue weighted by molar-refractivity contribution is 5.19. The topological polar surface area (TPSA) is 24.9 Å². The second kappa shape index (κ2) is 5.90. The Bertz CT molecular complexity index is 394. The second-order valence-electron chi connectivity index (χ2n) is 5.20. The second-order valence-corrected chi connectivity index (χ2v) is 5.20. The first-order valence-electron chi connectivity index (χ1n) is 6.71. The molecule has 1 N–H and O–H groups in total. The zero-order valence-electron chi connectivity index (χ0n) is 11.0. The molecule has 5 heteroatoms. The number of nitrogens with zero attached hydrogens (tertiary/aromatic N) is 1. The lowest BCUT2D eigenvalue weighted by molar-refractivity contribution is -0.137. The molecule has 1 saturated carbocycles. The van der Waals surface area contributed by atoms with Crippen LogP contribution in [0.25, 0.3) is 0 Å². The first-order valence-corrected chi connectivity index (χ1v) is 6.71. The van der Waals surface area contributed by atoms with E-state index >= 15 is 0 Å². The summed E-state index contributed by atoms with van der Waals surface area (Å²) >= 11 is 0. The maximum absolute atomic E-state index is 12.5. The van der Waals surface area contributed by atoms with Crippen molar-refractivity contribution in [3.63, 3.8) is 0 Å². The molecule has 2 rings (SSSR count). The van der Waals surface area contributed by atoms with E-state index in [0.29, 0.717) is 11.6 Å². The Morgan fingerprint density at radius 1 is 1.32 bits per heavy atom. The van der Waals surface area contributed by atoms with Gasteiger partial charge in [-0.15, -0.1) is 0 Å². The Labute approximate surface area is 111 Å². The quantitative estimate of drug-likeness (QED) is 0.898. The van der Waals surface area contributed by atoms with Crippen LogP contribution >= 0.6 is 0 Å². The van der Waals surface area contributed by atoms with Crippen molar-refractivity contribution in [3.8, 4) is 0 Å². The molecular weight excluding hydrogens is 253 g/mol. The molecule has 1 unspecified atom stereocenters. The van der Waals surface area contributed by atoms with Gasteiger partial charge in [0.05, 0.1) is 11.3 Å². The standard InChI is InChI=1S/C14H19F3N2/c1-18-13(8-10-4-2-3-5-10)12-7-6-11(9-19-12)14(15,16)17/h6-7,9-10,13,18H,2-5,8H2,1H3. The summed E-state index contributed by atoms with van der Waals surface area (Å²) in [7, 11) is 1.83. The zero-order valence-corrected chi connectivity index (χ0v) is 11.0. The summed E-state index contributed by atoms with van der Waals surface area (Å²) in [6.07, 6.45) is 2.54. The normalized spacial score (nSPS) is 18.7. The summed E-state index contributed by atoms with van der Waals surface area (Å²) in [5.74, 6) is 0.668. The molecular formula is C14H19F3N2. The summed E-state index contributed by atoms with van der Waals surface area (Å²) in [6.45, 7) is 0. The van der Waals surface area contributed by atoms with Gasteiger partial charge >= 0.3 is 6.18 Å². The fraction of sp³-hybridized carbons (Fsp3) is 0.643. The van der Waals surface area contributed by atoms with Crippen LogP contribution in [-0.2, 0) is 6.18 Å². The molecule has 0 saturated heterocycles. The maximum Gasteiger partial charge on any atom is 0.417 e. The molecule has 0 aromatic carbocycles. The zero-order chi connectivity index (χ0) is 13.9. The first kappa shape index (κ1) is 14.3. The first-order chi connectivity index (χ1) is 9.00. The Morgan fingerprint density at radius 3 is 2.47 bits per heavy atom. The van der Waals surface area contributed by atoms with Gasteiger partial charge in [0.15, 0.2) is 0 Å². The summed E-state index contributed by atoms with van der Waals surface area (Å²) in [5.41, 5.74) is 0.00868. The van der Waals surface area contributed by atoms with Crippen molar-refractivity contribution in [1.29, 1.82) is 0 Å². The smallest absolute Gasteiger partial charge is 0.312 e. The lowest BCUT2D eigenvalue weighted by Crippen LogP contribution is -2.20. The van der Waals surface area contributed by atoms with E-state index in [4.69, 9.17) is 0 Å². The predicted molar refractivity (Wildman–Crippen MR) is 67.6 cm³/mol. The molecule has 0 aliphatic heterocycles. The van der Waals surface area contributed by atoms with Crippen LogP contribution in [0.15, 0.2) is 18.3 Å². The third kappa shape index (κ3) is 3.69. The summed E-state index contributed by atoms with van der Waals surface area (Å²) in [5, 5.41) is 3.16. The van der Waals surface area contributed by atoms with Gasteiger partial charge in [0.25, 0.3) is 0 Å². The van der Waals surface area contributed by atoms with Gasteiger partial charge in [-0.05, 0) is 31.5 Å². The summed E-state index contributed by atoms with van der Waals surface area (Å²) in [6, 6.07) is 2.64. The molecule has 1 aromatic rings. The van der Waals surface area contributed by atoms with E-state index in [1.807, 2.05) is 7.05 Å². The molecule has 0 radical (unpaired) electrons. The minimum atomic E-state index is -4.31. The number of hydrogen-bond acceptors (Lipinski definition) is 2. The van der Waals surface area contributed by atoms with Gasteiger partial charge in [-0.3, -0.25) is 4.98 Å². The van der Waals surface area contributed by atoms with Crippen molar-refractivity contribution < 1.29 is 13.2 Å². The minimum Gasteiger partial charge on any atom is -0.312 e. The van der Waals surface area contributed by atoms with Crippen LogP contribution in [0.4, 0.5) is 13.2 Å². The van der Waals surface area contributed by atoms with Gasteiger partial charge in [0, 0.05) is 12.2 Å². The van der Waals surface area contributed by atoms with Crippen LogP contribution in [0, 0.1) is 5.92 Å². The van der Waals surface area contributed by atoms with Crippen LogP contribution in [-0.4, -0.2) is 12.0 Å². The van der Waals surface area contributed by atoms with E-state index < -0.39 is 11.7 Å². The summed E-state index contributed by atoms with van der Waals surface area (Å²) < 4.78 is 37.4. The Morgan fingerprint density at radius 2 is 2.00 bits per heavy atom. The highest BCUT2D eigenvalue weighted by Crippen LogP contribution is 2.33. The van der Waals surface area contributed by atoms with Crippen molar-refractivity contribution in [2.45, 2.75) is 44.3 Å². The predicted octanol–water partition coefficient (Wildman–Crippen LogP) is 3.94. The number of halogens is 3. The van der Waals surface area contributed by atoms with Crippen molar-refractivity contribution >= 4 is 0 Å². The molecule has 1 aliphatic rings. The van der Waals surface area contributed by atoms with Crippen LogP contribution in [0.1, 0.15) is 49.4 Å². The van der Waals surface area contributed by atoms with Gasteiger partial charge in [-0.2, -0.15) is 13.2 Å². The molecule has 1 aliphatic carbocycles. The average Bonchev–Trinajstić information content (AvgIpc) is 2.88. The molecule has 1 heterocycles. The van der Waals surface area contributed by atoms with Crippen molar-refractivity contribution in [2.24, 2.45) is 5.92 Å². The Hall–Kier alpha value is -1.10. The van der Waals surface area contributed by atoms with Gasteiger partial charge in [-0.25, -0.2) is 0 Å². The fourth-order valence-electron chi connectivity index (χ4n) is 2.74. The van der Waals surface area contributed by atoms with Crippen LogP contribution in [0.3, 0.4) is 0 Å². The van der Waals surface area contributed by atoms with Gasteiger partial charge in [0.2, 0.25) is 0 Å². The monoisotopic (exact) mass is 272 g/mol. The molecule has 0 amide bonds. The Balaban J connectivity index is 2.05. The van der Waals surface area contributed by atoms with Gasteiger partial charge in [-0.1, -0.05) is 25.7 Å². The van der Waals surface area contributed by atoms with E-state index in [2.05, 4.69) is 10.3 Å². The fourth-order valence-corrected chi connectivity index (χ4v) is 2.74. The van der Waals surface area contributed by atoms with Crippen molar-refractivity contribution in [1.82, 2.24) is 10.3 Å². The van der Waals surface area contributed by atoms with Crippen LogP contribution in [0.5, 0.6) is 0 Å². The lowest BCUT2D eigenvalue weighted by Gasteiger charge is -2.20. The molecule has 19 heavy (non-hydrogen) atoms. The van der Waals surface area contributed by atoms with Crippen LogP contribution in [0.2, 0.25) is 0 Å². The number of pyridine rings is 1. The van der Waals surface area contributed by atoms with Crippen molar-refractivity contribution in [3.05, 3.63) is 29.6 Å². The lowest BCUT2D eigenvalue weighted by atomic mass is 9.96. The molecule has 1 atom stereocenters. The largest absolute Gasteiger partial charge is 0.417 e. The number of nitrogens with one attached hydrogen (secondary N) is 1. The molecule has 1 aromatic heterocycles. The number of hydrogen-bond donors (Lipinski definition) is 1. The molecule has 1 fully saturated rings. The third-order valence-corrected chi connectivity index (χ3v) is 3.86. The third-order valence-electron chi connectivity index (χ3n) is 3.86. The van der Waals surface area contributed by atoms with Gasteiger partial charge in [0.1, 0.15) is 0 Å². The van der Waals surface area contributed by atoms with E-state index in [-0.39, 0.29) is 6.04 Å². The number of alkyl halides is 3. The van der Waals surface area contributed by atoms with E-state index in [1.165, 1.54) is 31.7 Å². The van der Waals surface area contributed by atoms with E-state index in [9.17, 15) is 13.2 Å². The van der Waals surface area contributed by atoms with Crippen LogP contribution < -0.4 is 5.32 Å². The van der Waals surface area contributed by atoms with Gasteiger partial charge < -0.3 is 5.32 Å². The highest BCUT2D eigenvalue weighted by Gasteiger charge is 2.31. The SMILES string of the molecule is CNC(CC1CCCC1)c1ccc(C(F)(F)F)cn1. The van der Waals surface area contributed by atoms with E-state index in [0.717, 1.165) is 18.7 Å². The number of aromatic nitrogens is 1. The minimum absolute atomic E-state index is 0.0467. The number of rotatable bonds is 4. The molecule has 0 bridgehead atoms.